The zero-order valence-corrected chi connectivity index (χ0v) is 44.0. The summed E-state index contributed by atoms with van der Waals surface area (Å²) in [5.74, 6) is -0.864. The number of rotatable bonds is 52. The van der Waals surface area contributed by atoms with E-state index in [4.69, 9.17) is 14.2 Å². The molecule has 0 aromatic carbocycles. The second-order valence-electron chi connectivity index (χ2n) is 19.2. The summed E-state index contributed by atoms with van der Waals surface area (Å²) < 4.78 is 16.8. The zero-order chi connectivity index (χ0) is 47.9. The Morgan fingerprint density at radius 1 is 0.318 bits per heavy atom. The molecule has 6 nitrogen and oxygen atoms in total. The van der Waals surface area contributed by atoms with E-state index in [9.17, 15) is 14.4 Å². The lowest BCUT2D eigenvalue weighted by Crippen LogP contribution is -2.30. The van der Waals surface area contributed by atoms with Crippen LogP contribution >= 0.6 is 0 Å². The van der Waals surface area contributed by atoms with Crippen LogP contribution in [0, 0.1) is 0 Å². The maximum atomic E-state index is 12.8. The predicted molar refractivity (Wildman–Crippen MR) is 284 cm³/mol. The highest BCUT2D eigenvalue weighted by Gasteiger charge is 2.19. The number of carbonyl (C=O) groups is 3. The highest BCUT2D eigenvalue weighted by molar-refractivity contribution is 5.71. The van der Waals surface area contributed by atoms with Gasteiger partial charge in [0.1, 0.15) is 13.2 Å². The highest BCUT2D eigenvalue weighted by Crippen LogP contribution is 2.17. The molecular weight excluding hydrogens is 817 g/mol. The Hall–Kier alpha value is -2.63. The molecule has 66 heavy (non-hydrogen) atoms. The van der Waals surface area contributed by atoms with Crippen LogP contribution in [0.4, 0.5) is 0 Å². The summed E-state index contributed by atoms with van der Waals surface area (Å²) in [6, 6.07) is 0. The molecule has 0 aliphatic carbocycles. The van der Waals surface area contributed by atoms with Crippen LogP contribution in [0.25, 0.3) is 0 Å². The Labute approximate surface area is 409 Å². The molecule has 384 valence electrons. The second kappa shape index (κ2) is 55.0. The molecule has 0 fully saturated rings. The van der Waals surface area contributed by atoms with Crippen LogP contribution in [0.15, 0.2) is 48.6 Å². The predicted octanol–water partition coefficient (Wildman–Crippen LogP) is 19.0. The van der Waals surface area contributed by atoms with Gasteiger partial charge in [0.15, 0.2) is 6.10 Å². The summed E-state index contributed by atoms with van der Waals surface area (Å²) in [6.07, 6.45) is 66.9. The van der Waals surface area contributed by atoms with Gasteiger partial charge in [0.05, 0.1) is 0 Å². The Kier molecular flexibility index (Phi) is 52.8. The summed E-state index contributed by atoms with van der Waals surface area (Å²) in [5.41, 5.74) is 0. The minimum Gasteiger partial charge on any atom is -0.462 e. The fourth-order valence-corrected chi connectivity index (χ4v) is 8.32. The Morgan fingerprint density at radius 3 is 0.924 bits per heavy atom. The lowest BCUT2D eigenvalue weighted by atomic mass is 10.0. The van der Waals surface area contributed by atoms with Crippen molar-refractivity contribution in [1.82, 2.24) is 0 Å². The normalized spacial score (nSPS) is 12.3. The fraction of sp³-hybridized carbons (Fsp3) is 0.817. The van der Waals surface area contributed by atoms with E-state index in [2.05, 4.69) is 69.4 Å². The first kappa shape index (κ1) is 63.4. The number of allylic oxidation sites excluding steroid dienone is 8. The summed E-state index contributed by atoms with van der Waals surface area (Å²) in [7, 11) is 0. The first-order chi connectivity index (χ1) is 32.5. The lowest BCUT2D eigenvalue weighted by molar-refractivity contribution is -0.167. The molecule has 0 aromatic rings. The molecule has 1 unspecified atom stereocenters. The van der Waals surface area contributed by atoms with Crippen molar-refractivity contribution in [3.05, 3.63) is 48.6 Å². The van der Waals surface area contributed by atoms with Crippen LogP contribution in [-0.2, 0) is 28.6 Å². The fourth-order valence-electron chi connectivity index (χ4n) is 8.32. The van der Waals surface area contributed by atoms with Crippen molar-refractivity contribution in [2.75, 3.05) is 13.2 Å². The highest BCUT2D eigenvalue weighted by atomic mass is 16.6. The summed E-state index contributed by atoms with van der Waals surface area (Å²) in [5, 5.41) is 0. The molecule has 0 aliphatic heterocycles. The Balaban J connectivity index is 4.20. The molecule has 0 amide bonds. The molecule has 6 heteroatoms. The molecule has 1 atom stereocenters. The van der Waals surface area contributed by atoms with Gasteiger partial charge in [-0.05, 0) is 57.8 Å². The van der Waals surface area contributed by atoms with Gasteiger partial charge < -0.3 is 14.2 Å². The van der Waals surface area contributed by atoms with Crippen LogP contribution in [-0.4, -0.2) is 37.2 Å². The van der Waals surface area contributed by atoms with Gasteiger partial charge in [-0.3, -0.25) is 14.4 Å². The van der Waals surface area contributed by atoms with Crippen LogP contribution in [0.3, 0.4) is 0 Å². The van der Waals surface area contributed by atoms with Crippen molar-refractivity contribution in [2.45, 2.75) is 303 Å². The van der Waals surface area contributed by atoms with Gasteiger partial charge in [-0.1, -0.05) is 268 Å². The van der Waals surface area contributed by atoms with Gasteiger partial charge in [-0.25, -0.2) is 0 Å². The van der Waals surface area contributed by atoms with Crippen molar-refractivity contribution in [3.8, 4) is 0 Å². The van der Waals surface area contributed by atoms with Crippen molar-refractivity contribution in [1.29, 1.82) is 0 Å². The Morgan fingerprint density at radius 2 is 0.591 bits per heavy atom. The first-order valence-corrected chi connectivity index (χ1v) is 28.6. The number of hydrogen-bond donors (Lipinski definition) is 0. The van der Waals surface area contributed by atoms with E-state index in [0.717, 1.165) is 83.5 Å². The molecule has 0 radical (unpaired) electrons. The van der Waals surface area contributed by atoms with Crippen molar-refractivity contribution >= 4 is 17.9 Å². The van der Waals surface area contributed by atoms with Crippen LogP contribution in [0.1, 0.15) is 297 Å². The van der Waals surface area contributed by atoms with E-state index < -0.39 is 6.10 Å². The smallest absolute Gasteiger partial charge is 0.306 e. The average Bonchev–Trinajstić information content (AvgIpc) is 3.31. The zero-order valence-electron chi connectivity index (χ0n) is 44.0. The van der Waals surface area contributed by atoms with Gasteiger partial charge in [-0.15, -0.1) is 0 Å². The monoisotopic (exact) mass is 925 g/mol. The first-order valence-electron chi connectivity index (χ1n) is 28.6. The van der Waals surface area contributed by atoms with E-state index in [0.29, 0.717) is 19.3 Å². The summed E-state index contributed by atoms with van der Waals surface area (Å²) in [6.45, 7) is 6.53. The van der Waals surface area contributed by atoms with Crippen molar-refractivity contribution in [3.63, 3.8) is 0 Å². The third-order valence-electron chi connectivity index (χ3n) is 12.6. The minimum absolute atomic E-state index is 0.0702. The third-order valence-corrected chi connectivity index (χ3v) is 12.6. The van der Waals surface area contributed by atoms with Gasteiger partial charge in [-0.2, -0.15) is 0 Å². The molecule has 0 aromatic heterocycles. The largest absolute Gasteiger partial charge is 0.462 e. The van der Waals surface area contributed by atoms with Crippen molar-refractivity contribution < 1.29 is 28.6 Å². The van der Waals surface area contributed by atoms with Gasteiger partial charge in [0, 0.05) is 19.3 Å². The van der Waals surface area contributed by atoms with Gasteiger partial charge in [0.25, 0.3) is 0 Å². The molecular formula is C60H108O6. The number of esters is 3. The number of hydrogen-bond acceptors (Lipinski definition) is 6. The third kappa shape index (κ3) is 52.3. The van der Waals surface area contributed by atoms with E-state index in [1.807, 2.05) is 0 Å². The maximum Gasteiger partial charge on any atom is 0.306 e. The van der Waals surface area contributed by atoms with Crippen LogP contribution < -0.4 is 0 Å². The molecule has 0 heterocycles. The number of unbranched alkanes of at least 4 members (excludes halogenated alkanes) is 33. The summed E-state index contributed by atoms with van der Waals surface area (Å²) >= 11 is 0. The molecule has 0 rings (SSSR count). The topological polar surface area (TPSA) is 78.9 Å². The molecule has 0 saturated heterocycles. The standard InChI is InChI=1S/C60H108O6/c1-4-7-10-13-16-19-21-23-25-27-28-29-30-31-32-34-35-37-39-41-44-47-50-53-59(62)65-56-57(55-64-58(61)52-49-46-43-18-15-12-9-6-3)66-60(63)54-51-48-45-42-40-38-36-33-26-24-22-20-17-14-11-8-5-2/h7,10,16,19,23,25,28-29,57H,4-6,8-9,11-15,17-18,20-22,24,26-27,30-56H2,1-3H3/b10-7-,19-16-,25-23-,29-28-. The molecule has 0 aliphatic rings. The quantitative estimate of drug-likeness (QED) is 0.0262. The van der Waals surface area contributed by atoms with Gasteiger partial charge >= 0.3 is 17.9 Å². The van der Waals surface area contributed by atoms with E-state index >= 15 is 0 Å². The molecule has 0 saturated carbocycles. The summed E-state index contributed by atoms with van der Waals surface area (Å²) in [4.78, 5) is 38.0. The SMILES string of the molecule is CC/C=C\C/C=C\C/C=C\C/C=C\CCCCCCCCCCCCC(=O)OCC(COC(=O)CCCCCCCCCC)OC(=O)CCCCCCCCCCCCCCCCCCC. The maximum absolute atomic E-state index is 12.8. The van der Waals surface area contributed by atoms with Crippen molar-refractivity contribution in [2.24, 2.45) is 0 Å². The van der Waals surface area contributed by atoms with Gasteiger partial charge in [0.2, 0.25) is 0 Å². The molecule has 0 bridgehead atoms. The average molecular weight is 926 g/mol. The molecule has 0 N–H and O–H groups in total. The number of ether oxygens (including phenoxy) is 3. The number of carbonyl (C=O) groups excluding carboxylic acids is 3. The lowest BCUT2D eigenvalue weighted by Gasteiger charge is -2.18. The minimum atomic E-state index is -0.769. The second-order valence-corrected chi connectivity index (χ2v) is 19.2. The van der Waals surface area contributed by atoms with E-state index in [1.54, 1.807) is 0 Å². The van der Waals surface area contributed by atoms with E-state index in [-0.39, 0.29) is 31.1 Å². The van der Waals surface area contributed by atoms with Crippen LogP contribution in [0.2, 0.25) is 0 Å². The van der Waals surface area contributed by atoms with E-state index in [1.165, 1.54) is 173 Å². The van der Waals surface area contributed by atoms with Crippen LogP contribution in [0.5, 0.6) is 0 Å². The molecule has 0 spiro atoms. The Bertz CT molecular complexity index is 1150.